The molecule has 10 heteroatoms. The molecule has 0 aliphatic carbocycles. The van der Waals surface area contributed by atoms with Gasteiger partial charge in [-0.05, 0) is 47.5 Å². The summed E-state index contributed by atoms with van der Waals surface area (Å²) in [5, 5.41) is 19.2. The fraction of sp³-hybridized carbons (Fsp3) is 0.100. The van der Waals surface area contributed by atoms with Gasteiger partial charge in [-0.3, -0.25) is 5.10 Å². The summed E-state index contributed by atoms with van der Waals surface area (Å²) in [6, 6.07) is 10.8. The number of anilines is 1. The average molecular weight is 412 g/mol. The Labute approximate surface area is 167 Å². The smallest absolute Gasteiger partial charge is 0.364 e. The summed E-state index contributed by atoms with van der Waals surface area (Å²) in [4.78, 5) is 7.80. The first-order valence-corrected chi connectivity index (χ1v) is 8.66. The Hall–Kier alpha value is -4.00. The van der Waals surface area contributed by atoms with E-state index >= 15 is 0 Å². The van der Waals surface area contributed by atoms with Gasteiger partial charge < -0.3 is 5.32 Å². The molecule has 6 nitrogen and oxygen atoms in total. The van der Waals surface area contributed by atoms with Gasteiger partial charge in [0, 0.05) is 11.6 Å². The van der Waals surface area contributed by atoms with Crippen molar-refractivity contribution in [3.63, 3.8) is 0 Å². The minimum Gasteiger partial charge on any atom is -0.364 e. The van der Waals surface area contributed by atoms with Gasteiger partial charge in [0.15, 0.2) is 5.65 Å². The molecular weight excluding hydrogens is 400 g/mol. The topological polar surface area (TPSA) is 90.3 Å². The maximum absolute atomic E-state index is 13.5. The predicted octanol–water partition coefficient (Wildman–Crippen LogP) is 4.66. The third-order valence-corrected chi connectivity index (χ3v) is 4.43. The Morgan fingerprint density at radius 3 is 2.70 bits per heavy atom. The number of hydrogen-bond acceptors (Lipinski definition) is 5. The summed E-state index contributed by atoms with van der Waals surface area (Å²) in [6.45, 7) is 0.222. The molecule has 2 N–H and O–H groups in total. The number of fused-ring (bicyclic) bond motifs is 1. The summed E-state index contributed by atoms with van der Waals surface area (Å²) < 4.78 is 53.6. The van der Waals surface area contributed by atoms with Crippen LogP contribution in [-0.4, -0.2) is 20.2 Å². The van der Waals surface area contributed by atoms with Gasteiger partial charge >= 0.3 is 6.18 Å². The van der Waals surface area contributed by atoms with E-state index in [9.17, 15) is 17.6 Å². The lowest BCUT2D eigenvalue weighted by Gasteiger charge is -2.14. The van der Waals surface area contributed by atoms with Gasteiger partial charge in [-0.2, -0.15) is 32.9 Å². The van der Waals surface area contributed by atoms with Gasteiger partial charge in [0.2, 0.25) is 5.95 Å². The summed E-state index contributed by atoms with van der Waals surface area (Å²) in [7, 11) is 0. The maximum atomic E-state index is 13.5. The van der Waals surface area contributed by atoms with Crippen LogP contribution in [0, 0.1) is 17.3 Å². The van der Waals surface area contributed by atoms with E-state index in [1.165, 1.54) is 42.6 Å². The number of rotatable bonds is 4. The molecule has 0 saturated carbocycles. The standard InChI is InChI=1S/C20H12F4N6/c21-17-4-3-14-16(29-30-19(14)28-17)10-27-18-8-12(5-6-26-18)13-2-1-11(9-25)7-15(13)20(22,23)24/h1-8H,10H2,(H,26,27)(H,28,29,30). The van der Waals surface area contributed by atoms with Crippen molar-refractivity contribution >= 4 is 16.9 Å². The fourth-order valence-electron chi connectivity index (χ4n) is 3.04. The first kappa shape index (κ1) is 19.3. The van der Waals surface area contributed by atoms with Gasteiger partial charge in [-0.1, -0.05) is 6.07 Å². The SMILES string of the molecule is N#Cc1ccc(-c2ccnc(NCc3[nH]nc4nc(F)ccc34)c2)c(C(F)(F)F)c1. The van der Waals surface area contributed by atoms with Crippen LogP contribution in [0.2, 0.25) is 0 Å². The number of nitriles is 1. The van der Waals surface area contributed by atoms with Crippen LogP contribution >= 0.6 is 0 Å². The predicted molar refractivity (Wildman–Crippen MR) is 101 cm³/mol. The molecule has 0 spiro atoms. The summed E-state index contributed by atoms with van der Waals surface area (Å²) in [5.74, 6) is -0.312. The molecular formula is C20H12F4N6. The van der Waals surface area contributed by atoms with Gasteiger partial charge in [-0.15, -0.1) is 0 Å². The number of nitrogens with zero attached hydrogens (tertiary/aromatic N) is 4. The van der Waals surface area contributed by atoms with Crippen molar-refractivity contribution in [2.45, 2.75) is 12.7 Å². The zero-order chi connectivity index (χ0) is 21.3. The van der Waals surface area contributed by atoms with E-state index in [1.807, 2.05) is 0 Å². The highest BCUT2D eigenvalue weighted by atomic mass is 19.4. The second-order valence-electron chi connectivity index (χ2n) is 6.36. The number of alkyl halides is 3. The molecule has 150 valence electrons. The van der Waals surface area contributed by atoms with E-state index in [0.717, 1.165) is 6.07 Å². The molecule has 0 saturated heterocycles. The Bertz CT molecular complexity index is 1270. The molecule has 4 aromatic rings. The van der Waals surface area contributed by atoms with E-state index in [-0.39, 0.29) is 23.3 Å². The highest BCUT2D eigenvalue weighted by molar-refractivity contribution is 5.77. The third kappa shape index (κ3) is 3.77. The monoisotopic (exact) mass is 412 g/mol. The van der Waals surface area contributed by atoms with Crippen molar-refractivity contribution in [3.8, 4) is 17.2 Å². The second-order valence-corrected chi connectivity index (χ2v) is 6.36. The number of benzene rings is 1. The maximum Gasteiger partial charge on any atom is 0.417 e. The van der Waals surface area contributed by atoms with Crippen LogP contribution in [0.1, 0.15) is 16.8 Å². The molecule has 4 rings (SSSR count). The molecule has 0 unspecified atom stereocenters. The average Bonchev–Trinajstić information content (AvgIpc) is 3.13. The Morgan fingerprint density at radius 2 is 1.93 bits per heavy atom. The summed E-state index contributed by atoms with van der Waals surface area (Å²) in [6.07, 6.45) is -3.23. The Morgan fingerprint density at radius 1 is 1.10 bits per heavy atom. The van der Waals surface area contributed by atoms with Crippen LogP contribution in [0.5, 0.6) is 0 Å². The van der Waals surface area contributed by atoms with E-state index in [1.54, 1.807) is 6.07 Å². The van der Waals surface area contributed by atoms with E-state index in [2.05, 4.69) is 25.5 Å². The minimum atomic E-state index is -4.61. The number of aromatic amines is 1. The number of nitrogens with one attached hydrogen (secondary N) is 2. The van der Waals surface area contributed by atoms with Crippen molar-refractivity contribution in [3.05, 3.63) is 71.4 Å². The molecule has 1 aromatic carbocycles. The number of aromatic nitrogens is 4. The molecule has 0 amide bonds. The van der Waals surface area contributed by atoms with E-state index in [0.29, 0.717) is 22.5 Å². The Balaban J connectivity index is 1.63. The molecule has 0 aliphatic heterocycles. The van der Waals surface area contributed by atoms with Crippen LogP contribution in [0.4, 0.5) is 23.4 Å². The molecule has 0 bridgehead atoms. The van der Waals surface area contributed by atoms with Crippen LogP contribution < -0.4 is 5.32 Å². The number of pyridine rings is 2. The van der Waals surface area contributed by atoms with Crippen molar-refractivity contribution in [2.24, 2.45) is 0 Å². The first-order chi connectivity index (χ1) is 14.3. The molecule has 0 atom stereocenters. The van der Waals surface area contributed by atoms with Crippen LogP contribution in [0.25, 0.3) is 22.2 Å². The fourth-order valence-corrected chi connectivity index (χ4v) is 3.04. The van der Waals surface area contributed by atoms with Crippen LogP contribution in [0.15, 0.2) is 48.7 Å². The summed E-state index contributed by atoms with van der Waals surface area (Å²) >= 11 is 0. The van der Waals surface area contributed by atoms with Gasteiger partial charge in [-0.25, -0.2) is 4.98 Å². The van der Waals surface area contributed by atoms with E-state index in [4.69, 9.17) is 5.26 Å². The number of hydrogen-bond donors (Lipinski definition) is 2. The second kappa shape index (κ2) is 7.44. The highest BCUT2D eigenvalue weighted by Gasteiger charge is 2.34. The van der Waals surface area contributed by atoms with Crippen LogP contribution in [-0.2, 0) is 12.7 Å². The first-order valence-electron chi connectivity index (χ1n) is 8.66. The van der Waals surface area contributed by atoms with Crippen LogP contribution in [0.3, 0.4) is 0 Å². The lowest BCUT2D eigenvalue weighted by atomic mass is 9.98. The Kier molecular flexibility index (Phi) is 4.79. The highest BCUT2D eigenvalue weighted by Crippen LogP contribution is 2.38. The molecule has 0 fully saturated rings. The van der Waals surface area contributed by atoms with E-state index < -0.39 is 17.7 Å². The molecule has 0 radical (unpaired) electrons. The lowest BCUT2D eigenvalue weighted by molar-refractivity contribution is -0.137. The van der Waals surface area contributed by atoms with Gasteiger partial charge in [0.25, 0.3) is 0 Å². The number of halogens is 4. The quantitative estimate of drug-likeness (QED) is 0.376. The van der Waals surface area contributed by atoms with Crippen molar-refractivity contribution in [1.82, 2.24) is 20.2 Å². The zero-order valence-electron chi connectivity index (χ0n) is 15.1. The zero-order valence-corrected chi connectivity index (χ0v) is 15.1. The molecule has 3 aromatic heterocycles. The minimum absolute atomic E-state index is 0.0568. The van der Waals surface area contributed by atoms with Crippen molar-refractivity contribution in [2.75, 3.05) is 5.32 Å². The summed E-state index contributed by atoms with van der Waals surface area (Å²) in [5.41, 5.74) is 0.113. The largest absolute Gasteiger partial charge is 0.417 e. The van der Waals surface area contributed by atoms with Crippen molar-refractivity contribution in [1.29, 1.82) is 5.26 Å². The molecule has 3 heterocycles. The normalized spacial score (nSPS) is 11.4. The molecule has 30 heavy (non-hydrogen) atoms. The lowest BCUT2D eigenvalue weighted by Crippen LogP contribution is -2.08. The third-order valence-electron chi connectivity index (χ3n) is 4.43. The number of H-pyrrole nitrogens is 1. The van der Waals surface area contributed by atoms with Crippen molar-refractivity contribution < 1.29 is 17.6 Å². The van der Waals surface area contributed by atoms with Gasteiger partial charge in [0.05, 0.1) is 29.4 Å². The molecule has 0 aliphatic rings. The van der Waals surface area contributed by atoms with Gasteiger partial charge in [0.1, 0.15) is 5.82 Å².